The summed E-state index contributed by atoms with van der Waals surface area (Å²) in [6.07, 6.45) is 3.44. The summed E-state index contributed by atoms with van der Waals surface area (Å²) >= 11 is 1.74. The SMILES string of the molecule is CCC(C)C1NC(c2cccs2)N(C2CC(C)C2)C1=O. The Morgan fingerprint density at radius 1 is 1.50 bits per heavy atom. The minimum atomic E-state index is -0.0111. The van der Waals surface area contributed by atoms with Gasteiger partial charge in [-0.1, -0.05) is 33.3 Å². The van der Waals surface area contributed by atoms with Gasteiger partial charge in [-0.05, 0) is 36.1 Å². The molecule has 2 aliphatic rings. The van der Waals surface area contributed by atoms with Crippen LogP contribution in [0.1, 0.15) is 51.1 Å². The summed E-state index contributed by atoms with van der Waals surface area (Å²) in [5, 5.41) is 5.69. The molecule has 2 fully saturated rings. The maximum atomic E-state index is 12.8. The second-order valence-electron chi connectivity index (χ2n) is 6.42. The largest absolute Gasteiger partial charge is 0.318 e. The lowest BCUT2D eigenvalue weighted by molar-refractivity contribution is -0.135. The Morgan fingerprint density at radius 3 is 2.80 bits per heavy atom. The predicted molar refractivity (Wildman–Crippen MR) is 82.5 cm³/mol. The molecule has 3 atom stereocenters. The highest BCUT2D eigenvalue weighted by atomic mass is 32.1. The quantitative estimate of drug-likeness (QED) is 0.922. The summed E-state index contributed by atoms with van der Waals surface area (Å²) in [4.78, 5) is 16.2. The van der Waals surface area contributed by atoms with Crippen molar-refractivity contribution in [3.8, 4) is 0 Å². The van der Waals surface area contributed by atoms with Crippen molar-refractivity contribution >= 4 is 17.2 Å². The van der Waals surface area contributed by atoms with Crippen LogP contribution in [0.2, 0.25) is 0 Å². The second-order valence-corrected chi connectivity index (χ2v) is 7.40. The zero-order chi connectivity index (χ0) is 14.3. The van der Waals surface area contributed by atoms with Crippen molar-refractivity contribution in [3.05, 3.63) is 22.4 Å². The molecule has 1 saturated carbocycles. The molecule has 0 radical (unpaired) electrons. The molecular formula is C16H24N2OS. The maximum absolute atomic E-state index is 12.8. The lowest BCUT2D eigenvalue weighted by atomic mass is 9.80. The predicted octanol–water partition coefficient (Wildman–Crippen LogP) is 3.39. The van der Waals surface area contributed by atoms with Crippen LogP contribution in [0.15, 0.2) is 17.5 Å². The van der Waals surface area contributed by atoms with Crippen LogP contribution in [0.5, 0.6) is 0 Å². The molecule has 1 N–H and O–H groups in total. The minimum Gasteiger partial charge on any atom is -0.318 e. The van der Waals surface area contributed by atoms with Gasteiger partial charge in [0.15, 0.2) is 0 Å². The first kappa shape index (κ1) is 14.1. The van der Waals surface area contributed by atoms with Gasteiger partial charge in [-0.25, -0.2) is 0 Å². The Bertz CT molecular complexity index is 467. The number of nitrogens with zero attached hydrogens (tertiary/aromatic N) is 1. The van der Waals surface area contributed by atoms with E-state index in [2.05, 4.69) is 48.5 Å². The van der Waals surface area contributed by atoms with Crippen LogP contribution in [-0.2, 0) is 4.79 Å². The van der Waals surface area contributed by atoms with Crippen LogP contribution in [0.4, 0.5) is 0 Å². The number of hydrogen-bond donors (Lipinski definition) is 1. The number of hydrogen-bond acceptors (Lipinski definition) is 3. The lowest BCUT2D eigenvalue weighted by Crippen LogP contribution is -2.47. The monoisotopic (exact) mass is 292 g/mol. The zero-order valence-corrected chi connectivity index (χ0v) is 13.3. The van der Waals surface area contributed by atoms with Gasteiger partial charge in [0, 0.05) is 10.9 Å². The van der Waals surface area contributed by atoms with Crippen LogP contribution in [0, 0.1) is 11.8 Å². The highest BCUT2D eigenvalue weighted by Gasteiger charge is 2.47. The first-order valence-corrected chi connectivity index (χ1v) is 8.61. The normalized spacial score (nSPS) is 35.1. The van der Waals surface area contributed by atoms with Crippen molar-refractivity contribution in [2.24, 2.45) is 11.8 Å². The van der Waals surface area contributed by atoms with Gasteiger partial charge in [-0.2, -0.15) is 0 Å². The fourth-order valence-electron chi connectivity index (χ4n) is 3.40. The van der Waals surface area contributed by atoms with Crippen LogP contribution >= 0.6 is 11.3 Å². The van der Waals surface area contributed by atoms with E-state index in [0.29, 0.717) is 17.9 Å². The third-order valence-electron chi connectivity index (χ3n) is 4.90. The Labute approximate surface area is 125 Å². The molecule has 1 aliphatic carbocycles. The van der Waals surface area contributed by atoms with E-state index in [1.165, 1.54) is 4.88 Å². The number of carbonyl (C=O) groups is 1. The van der Waals surface area contributed by atoms with Gasteiger partial charge in [-0.3, -0.25) is 10.1 Å². The second kappa shape index (κ2) is 5.49. The molecule has 1 aromatic rings. The lowest BCUT2D eigenvalue weighted by Gasteiger charge is -2.42. The van der Waals surface area contributed by atoms with Gasteiger partial charge in [0.1, 0.15) is 6.17 Å². The summed E-state index contributed by atoms with van der Waals surface area (Å²) in [6.45, 7) is 6.61. The van der Waals surface area contributed by atoms with E-state index in [-0.39, 0.29) is 12.2 Å². The molecule has 1 amide bonds. The average Bonchev–Trinajstić information content (AvgIpc) is 3.02. The third-order valence-corrected chi connectivity index (χ3v) is 5.83. The average molecular weight is 292 g/mol. The summed E-state index contributed by atoms with van der Waals surface area (Å²) in [7, 11) is 0. The van der Waals surface area contributed by atoms with E-state index in [0.717, 1.165) is 25.2 Å². The van der Waals surface area contributed by atoms with E-state index >= 15 is 0 Å². The van der Waals surface area contributed by atoms with E-state index < -0.39 is 0 Å². The Balaban J connectivity index is 1.84. The molecule has 4 heteroatoms. The highest BCUT2D eigenvalue weighted by Crippen LogP contribution is 2.40. The summed E-state index contributed by atoms with van der Waals surface area (Å²) in [5.74, 6) is 1.47. The molecule has 3 unspecified atom stereocenters. The van der Waals surface area contributed by atoms with Crippen LogP contribution in [0.3, 0.4) is 0 Å². The van der Waals surface area contributed by atoms with E-state index in [1.807, 2.05) is 0 Å². The molecule has 1 aliphatic heterocycles. The van der Waals surface area contributed by atoms with Gasteiger partial charge in [0.2, 0.25) is 5.91 Å². The van der Waals surface area contributed by atoms with Crippen LogP contribution in [0.25, 0.3) is 0 Å². The van der Waals surface area contributed by atoms with Crippen molar-refractivity contribution in [3.63, 3.8) is 0 Å². The van der Waals surface area contributed by atoms with Gasteiger partial charge in [-0.15, -0.1) is 11.3 Å². The standard InChI is InChI=1S/C16H24N2OS/c1-4-11(3)14-16(19)18(12-8-10(2)9-12)15(17-14)13-6-5-7-20-13/h5-7,10-12,14-15,17H,4,8-9H2,1-3H3. The smallest absolute Gasteiger partial charge is 0.241 e. The first-order valence-electron chi connectivity index (χ1n) is 7.73. The van der Waals surface area contributed by atoms with E-state index in [9.17, 15) is 4.79 Å². The topological polar surface area (TPSA) is 32.3 Å². The van der Waals surface area contributed by atoms with Crippen molar-refractivity contribution in [1.82, 2.24) is 10.2 Å². The zero-order valence-electron chi connectivity index (χ0n) is 12.5. The highest BCUT2D eigenvalue weighted by molar-refractivity contribution is 7.10. The van der Waals surface area contributed by atoms with Crippen molar-refractivity contribution < 1.29 is 4.79 Å². The molecule has 1 saturated heterocycles. The molecule has 0 aromatic carbocycles. The van der Waals surface area contributed by atoms with Crippen molar-refractivity contribution in [2.75, 3.05) is 0 Å². The molecule has 3 nitrogen and oxygen atoms in total. The number of amides is 1. The Morgan fingerprint density at radius 2 is 2.25 bits per heavy atom. The summed E-state index contributed by atoms with van der Waals surface area (Å²) in [6, 6.07) is 4.64. The van der Waals surface area contributed by atoms with Gasteiger partial charge in [0.05, 0.1) is 6.04 Å². The molecule has 20 heavy (non-hydrogen) atoms. The Kier molecular flexibility index (Phi) is 3.87. The fraction of sp³-hybridized carbons (Fsp3) is 0.688. The van der Waals surface area contributed by atoms with Crippen LogP contribution in [-0.4, -0.2) is 22.9 Å². The van der Waals surface area contributed by atoms with E-state index in [1.54, 1.807) is 11.3 Å². The van der Waals surface area contributed by atoms with Gasteiger partial charge >= 0.3 is 0 Å². The first-order chi connectivity index (χ1) is 9.61. The number of rotatable bonds is 4. The van der Waals surface area contributed by atoms with Gasteiger partial charge in [0.25, 0.3) is 0 Å². The minimum absolute atomic E-state index is 0.0111. The molecule has 110 valence electrons. The molecular weight excluding hydrogens is 268 g/mol. The van der Waals surface area contributed by atoms with E-state index in [4.69, 9.17) is 0 Å². The molecule has 1 aromatic heterocycles. The fourth-order valence-corrected chi connectivity index (χ4v) is 4.18. The number of carbonyl (C=O) groups excluding carboxylic acids is 1. The van der Waals surface area contributed by atoms with Crippen molar-refractivity contribution in [2.45, 2.75) is 58.3 Å². The molecule has 2 heterocycles. The van der Waals surface area contributed by atoms with Crippen molar-refractivity contribution in [1.29, 1.82) is 0 Å². The van der Waals surface area contributed by atoms with Gasteiger partial charge < -0.3 is 4.90 Å². The van der Waals surface area contributed by atoms with Crippen LogP contribution < -0.4 is 5.32 Å². The molecule has 3 rings (SSSR count). The number of nitrogens with one attached hydrogen (secondary N) is 1. The maximum Gasteiger partial charge on any atom is 0.241 e. The Hall–Kier alpha value is -0.870. The summed E-state index contributed by atoms with van der Waals surface area (Å²) < 4.78 is 0. The summed E-state index contributed by atoms with van der Waals surface area (Å²) in [5.41, 5.74) is 0. The third kappa shape index (κ3) is 2.29. The molecule has 0 spiro atoms. The molecule has 0 bridgehead atoms. The number of thiophene rings is 1.